The lowest BCUT2D eigenvalue weighted by atomic mass is 9.76. The normalized spacial score (nSPS) is 26.4. The Morgan fingerprint density at radius 2 is 2.25 bits per heavy atom. The highest BCUT2D eigenvalue weighted by Gasteiger charge is 2.38. The highest BCUT2D eigenvalue weighted by Crippen LogP contribution is 2.32. The van der Waals surface area contributed by atoms with Gasteiger partial charge in [0.05, 0.1) is 10.0 Å². The molecule has 0 bridgehead atoms. The van der Waals surface area contributed by atoms with E-state index >= 15 is 0 Å². The molecule has 1 aromatic carbocycles. The highest BCUT2D eigenvalue weighted by atomic mass is 79.9. The van der Waals surface area contributed by atoms with Gasteiger partial charge in [-0.15, -0.1) is 0 Å². The lowest BCUT2D eigenvalue weighted by Gasteiger charge is -2.35. The fraction of sp³-hybridized carbons (Fsp3) is 0.533. The summed E-state index contributed by atoms with van der Waals surface area (Å²) in [5.41, 5.74) is 6.69. The summed E-state index contributed by atoms with van der Waals surface area (Å²) in [5.74, 6) is -0.162. The van der Waals surface area contributed by atoms with Gasteiger partial charge in [0.1, 0.15) is 5.82 Å². The first-order valence-corrected chi connectivity index (χ1v) is 7.67. The number of nitrogens with two attached hydrogens (primary N) is 1. The van der Waals surface area contributed by atoms with Crippen LogP contribution in [0.15, 0.2) is 16.6 Å². The Balaban J connectivity index is 2.17. The summed E-state index contributed by atoms with van der Waals surface area (Å²) in [5, 5.41) is 2.78. The number of amides is 1. The van der Waals surface area contributed by atoms with E-state index in [4.69, 9.17) is 5.73 Å². The molecule has 2 unspecified atom stereocenters. The number of benzene rings is 1. The predicted octanol–water partition coefficient (Wildman–Crippen LogP) is 3.74. The molecule has 2 rings (SSSR count). The molecule has 1 amide bonds. The fourth-order valence-electron chi connectivity index (χ4n) is 2.83. The lowest BCUT2D eigenvalue weighted by Crippen LogP contribution is -2.53. The summed E-state index contributed by atoms with van der Waals surface area (Å²) in [7, 11) is 0. The van der Waals surface area contributed by atoms with Crippen molar-refractivity contribution in [2.24, 2.45) is 11.7 Å². The molecule has 3 N–H and O–H groups in total. The molecule has 110 valence electrons. The van der Waals surface area contributed by atoms with E-state index in [2.05, 4.69) is 28.2 Å². The van der Waals surface area contributed by atoms with E-state index in [0.717, 1.165) is 18.4 Å². The van der Waals surface area contributed by atoms with Crippen molar-refractivity contribution in [2.45, 2.75) is 45.1 Å². The maximum absolute atomic E-state index is 13.6. The third kappa shape index (κ3) is 3.20. The van der Waals surface area contributed by atoms with Gasteiger partial charge in [-0.25, -0.2) is 4.39 Å². The summed E-state index contributed by atoms with van der Waals surface area (Å²) in [6.07, 6.45) is 3.43. The molecule has 0 radical (unpaired) electrons. The van der Waals surface area contributed by atoms with Crippen molar-refractivity contribution < 1.29 is 9.18 Å². The first kappa shape index (κ1) is 15.4. The van der Waals surface area contributed by atoms with Gasteiger partial charge in [0.15, 0.2) is 0 Å². The molecular formula is C15H20BrFN2O. The van der Waals surface area contributed by atoms with Gasteiger partial charge in [0, 0.05) is 5.69 Å². The molecule has 0 saturated heterocycles. The van der Waals surface area contributed by atoms with Crippen LogP contribution in [0.1, 0.15) is 38.2 Å². The first-order valence-electron chi connectivity index (χ1n) is 6.88. The number of carbonyl (C=O) groups excluding carboxylic acids is 1. The van der Waals surface area contributed by atoms with Crippen LogP contribution in [0, 0.1) is 18.7 Å². The zero-order valence-electron chi connectivity index (χ0n) is 11.8. The van der Waals surface area contributed by atoms with E-state index in [-0.39, 0.29) is 5.91 Å². The van der Waals surface area contributed by atoms with Crippen LogP contribution in [0.25, 0.3) is 0 Å². The molecule has 1 saturated carbocycles. The molecule has 0 aromatic heterocycles. The van der Waals surface area contributed by atoms with Gasteiger partial charge in [-0.05, 0) is 59.3 Å². The molecule has 1 fully saturated rings. The average Bonchev–Trinajstić information content (AvgIpc) is 2.35. The van der Waals surface area contributed by atoms with E-state index < -0.39 is 11.4 Å². The van der Waals surface area contributed by atoms with Crippen molar-refractivity contribution in [3.63, 3.8) is 0 Å². The number of carbonyl (C=O) groups is 1. The van der Waals surface area contributed by atoms with Crippen molar-refractivity contribution in [1.29, 1.82) is 0 Å². The van der Waals surface area contributed by atoms with E-state index in [0.29, 0.717) is 28.9 Å². The van der Waals surface area contributed by atoms with Crippen LogP contribution < -0.4 is 11.1 Å². The van der Waals surface area contributed by atoms with Gasteiger partial charge in [0.2, 0.25) is 5.91 Å². The minimum atomic E-state index is -0.840. The maximum Gasteiger partial charge on any atom is 0.244 e. The molecule has 0 spiro atoms. The van der Waals surface area contributed by atoms with Gasteiger partial charge in [-0.3, -0.25) is 4.79 Å². The van der Waals surface area contributed by atoms with Crippen LogP contribution in [0.5, 0.6) is 0 Å². The molecular weight excluding hydrogens is 323 g/mol. The van der Waals surface area contributed by atoms with Gasteiger partial charge in [0.25, 0.3) is 0 Å². The first-order chi connectivity index (χ1) is 9.32. The number of hydrogen-bond acceptors (Lipinski definition) is 2. The molecule has 20 heavy (non-hydrogen) atoms. The minimum Gasteiger partial charge on any atom is -0.324 e. The molecule has 1 aliphatic carbocycles. The summed E-state index contributed by atoms with van der Waals surface area (Å²) in [6.45, 7) is 3.94. The van der Waals surface area contributed by atoms with Crippen molar-refractivity contribution in [1.82, 2.24) is 0 Å². The third-order valence-electron chi connectivity index (χ3n) is 4.00. The van der Waals surface area contributed by atoms with Crippen LogP contribution in [0.4, 0.5) is 10.1 Å². The molecule has 3 nitrogen and oxygen atoms in total. The van der Waals surface area contributed by atoms with Gasteiger partial charge < -0.3 is 11.1 Å². The van der Waals surface area contributed by atoms with Crippen molar-refractivity contribution in [3.05, 3.63) is 28.0 Å². The second-order valence-electron chi connectivity index (χ2n) is 5.89. The Morgan fingerprint density at radius 1 is 1.55 bits per heavy atom. The number of anilines is 1. The standard InChI is InChI=1S/C15H20BrFN2O/c1-9-4-3-5-15(18,8-9)14(20)19-13-7-12(17)11(16)6-10(13)2/h6-7,9H,3-5,8,18H2,1-2H3,(H,19,20). The Bertz CT molecular complexity index is 535. The van der Waals surface area contributed by atoms with Crippen molar-refractivity contribution in [2.75, 3.05) is 5.32 Å². The van der Waals surface area contributed by atoms with E-state index in [9.17, 15) is 9.18 Å². The van der Waals surface area contributed by atoms with Crippen molar-refractivity contribution >= 4 is 27.5 Å². The Hall–Kier alpha value is -0.940. The Labute approximate surface area is 127 Å². The summed E-state index contributed by atoms with van der Waals surface area (Å²) in [4.78, 5) is 12.4. The molecule has 0 heterocycles. The van der Waals surface area contributed by atoms with Gasteiger partial charge >= 0.3 is 0 Å². The van der Waals surface area contributed by atoms with E-state index in [1.54, 1.807) is 6.07 Å². The van der Waals surface area contributed by atoms with Crippen LogP contribution in [-0.4, -0.2) is 11.4 Å². The summed E-state index contributed by atoms with van der Waals surface area (Å²) >= 11 is 3.13. The second-order valence-corrected chi connectivity index (χ2v) is 6.75. The number of nitrogens with one attached hydrogen (secondary N) is 1. The summed E-state index contributed by atoms with van der Waals surface area (Å²) in [6, 6.07) is 2.98. The minimum absolute atomic E-state index is 0.214. The summed E-state index contributed by atoms with van der Waals surface area (Å²) < 4.78 is 14.0. The zero-order valence-corrected chi connectivity index (χ0v) is 13.4. The number of aryl methyl sites for hydroxylation is 1. The largest absolute Gasteiger partial charge is 0.324 e. The second kappa shape index (κ2) is 5.82. The zero-order chi connectivity index (χ0) is 14.9. The lowest BCUT2D eigenvalue weighted by molar-refractivity contribution is -0.122. The Kier molecular flexibility index (Phi) is 4.49. The maximum atomic E-state index is 13.6. The molecule has 5 heteroatoms. The third-order valence-corrected chi connectivity index (χ3v) is 4.61. The molecule has 2 atom stereocenters. The average molecular weight is 343 g/mol. The van der Waals surface area contributed by atoms with E-state index in [1.807, 2.05) is 6.92 Å². The molecule has 0 aliphatic heterocycles. The monoisotopic (exact) mass is 342 g/mol. The van der Waals surface area contributed by atoms with Crippen LogP contribution in [0.2, 0.25) is 0 Å². The van der Waals surface area contributed by atoms with Gasteiger partial charge in [-0.2, -0.15) is 0 Å². The van der Waals surface area contributed by atoms with E-state index in [1.165, 1.54) is 6.07 Å². The van der Waals surface area contributed by atoms with Crippen LogP contribution >= 0.6 is 15.9 Å². The van der Waals surface area contributed by atoms with Crippen molar-refractivity contribution in [3.8, 4) is 0 Å². The smallest absolute Gasteiger partial charge is 0.244 e. The fourth-order valence-corrected chi connectivity index (χ4v) is 3.28. The molecule has 1 aromatic rings. The quantitative estimate of drug-likeness (QED) is 0.859. The number of halogens is 2. The SMILES string of the molecule is Cc1cc(Br)c(F)cc1NC(=O)C1(N)CCCC(C)C1. The highest BCUT2D eigenvalue weighted by molar-refractivity contribution is 9.10. The predicted molar refractivity (Wildman–Crippen MR) is 82.0 cm³/mol. The topological polar surface area (TPSA) is 55.1 Å². The number of hydrogen-bond donors (Lipinski definition) is 2. The number of rotatable bonds is 2. The van der Waals surface area contributed by atoms with Crippen LogP contribution in [0.3, 0.4) is 0 Å². The molecule has 1 aliphatic rings. The van der Waals surface area contributed by atoms with Crippen LogP contribution in [-0.2, 0) is 4.79 Å². The van der Waals surface area contributed by atoms with Gasteiger partial charge in [-0.1, -0.05) is 19.8 Å². The Morgan fingerprint density at radius 3 is 2.90 bits per heavy atom.